The molecule has 0 aromatic carbocycles. The summed E-state index contributed by atoms with van der Waals surface area (Å²) in [6, 6.07) is 0.524. The highest BCUT2D eigenvalue weighted by molar-refractivity contribution is 5.08. The second-order valence-corrected chi connectivity index (χ2v) is 4.17. The molecule has 0 rings (SSSR count). The van der Waals surface area contributed by atoms with E-state index in [0.29, 0.717) is 12.0 Å². The van der Waals surface area contributed by atoms with E-state index in [1.54, 1.807) is 0 Å². The lowest BCUT2D eigenvalue weighted by Crippen LogP contribution is -2.46. The van der Waals surface area contributed by atoms with Crippen LogP contribution in [0.15, 0.2) is 0 Å². The minimum atomic E-state index is -0.176. The molecule has 70 valence electrons. The molecule has 1 nitrogen and oxygen atoms in total. The van der Waals surface area contributed by atoms with Crippen molar-refractivity contribution in [3.63, 3.8) is 0 Å². The van der Waals surface area contributed by atoms with Gasteiger partial charge in [0.15, 0.2) is 0 Å². The SMILES string of the molecule is C#CC(C)(C)NC(CC)C(C)C. The van der Waals surface area contributed by atoms with Crippen molar-refractivity contribution in [3.8, 4) is 12.3 Å². The smallest absolute Gasteiger partial charge is 0.0743 e. The van der Waals surface area contributed by atoms with Gasteiger partial charge < -0.3 is 0 Å². The molecule has 0 saturated carbocycles. The highest BCUT2D eigenvalue weighted by Crippen LogP contribution is 2.10. The van der Waals surface area contributed by atoms with Crippen LogP contribution in [-0.2, 0) is 0 Å². The van der Waals surface area contributed by atoms with Crippen molar-refractivity contribution in [1.82, 2.24) is 5.32 Å². The standard InChI is InChI=1S/C11H21N/c1-7-10(9(3)4)12-11(5,6)8-2/h2,9-10,12H,7H2,1,3-6H3. The van der Waals surface area contributed by atoms with Crippen LogP contribution in [0.4, 0.5) is 0 Å². The summed E-state index contributed by atoms with van der Waals surface area (Å²) < 4.78 is 0. The number of rotatable bonds is 4. The van der Waals surface area contributed by atoms with E-state index < -0.39 is 0 Å². The Labute approximate surface area is 76.9 Å². The number of nitrogens with one attached hydrogen (secondary N) is 1. The van der Waals surface area contributed by atoms with Gasteiger partial charge in [-0.15, -0.1) is 6.42 Å². The maximum absolute atomic E-state index is 5.40. The molecule has 1 heteroatoms. The average molecular weight is 167 g/mol. The van der Waals surface area contributed by atoms with E-state index in [1.807, 2.05) is 13.8 Å². The summed E-state index contributed by atoms with van der Waals surface area (Å²) in [5.74, 6) is 3.39. The van der Waals surface area contributed by atoms with Gasteiger partial charge in [-0.1, -0.05) is 26.7 Å². The summed E-state index contributed by atoms with van der Waals surface area (Å²) in [5, 5.41) is 3.46. The van der Waals surface area contributed by atoms with Crippen LogP contribution in [0.25, 0.3) is 0 Å². The summed E-state index contributed by atoms with van der Waals surface area (Å²) in [4.78, 5) is 0. The predicted octanol–water partition coefficient (Wildman–Crippen LogP) is 2.42. The summed E-state index contributed by atoms with van der Waals surface area (Å²) in [6.07, 6.45) is 6.52. The third-order valence-electron chi connectivity index (χ3n) is 2.15. The molecule has 0 aromatic rings. The van der Waals surface area contributed by atoms with Crippen molar-refractivity contribution in [1.29, 1.82) is 0 Å². The van der Waals surface area contributed by atoms with Gasteiger partial charge >= 0.3 is 0 Å². The third-order valence-corrected chi connectivity index (χ3v) is 2.15. The van der Waals surface area contributed by atoms with Crippen LogP contribution in [0.5, 0.6) is 0 Å². The van der Waals surface area contributed by atoms with Crippen LogP contribution in [0.3, 0.4) is 0 Å². The maximum atomic E-state index is 5.40. The van der Waals surface area contributed by atoms with Crippen LogP contribution in [0, 0.1) is 18.3 Å². The summed E-state index contributed by atoms with van der Waals surface area (Å²) in [6.45, 7) is 10.7. The molecule has 1 atom stereocenters. The summed E-state index contributed by atoms with van der Waals surface area (Å²) in [5.41, 5.74) is -0.176. The molecular formula is C11H21N. The lowest BCUT2D eigenvalue weighted by Gasteiger charge is -2.29. The Kier molecular flexibility index (Phi) is 4.34. The van der Waals surface area contributed by atoms with Crippen molar-refractivity contribution >= 4 is 0 Å². The molecule has 0 amide bonds. The Morgan fingerprint density at radius 1 is 1.42 bits per heavy atom. The topological polar surface area (TPSA) is 12.0 Å². The van der Waals surface area contributed by atoms with Crippen molar-refractivity contribution in [2.45, 2.75) is 52.6 Å². The molecule has 0 heterocycles. The van der Waals surface area contributed by atoms with Gasteiger partial charge in [0.25, 0.3) is 0 Å². The molecule has 1 unspecified atom stereocenters. The fraction of sp³-hybridized carbons (Fsp3) is 0.818. The highest BCUT2D eigenvalue weighted by Gasteiger charge is 2.20. The molecule has 1 N–H and O–H groups in total. The molecule has 0 radical (unpaired) electrons. The molecule has 12 heavy (non-hydrogen) atoms. The van der Waals surface area contributed by atoms with Crippen molar-refractivity contribution in [2.24, 2.45) is 5.92 Å². The fourth-order valence-electron chi connectivity index (χ4n) is 1.25. The Morgan fingerprint density at radius 2 is 1.92 bits per heavy atom. The minimum absolute atomic E-state index is 0.176. The van der Waals surface area contributed by atoms with Gasteiger partial charge in [-0.2, -0.15) is 0 Å². The summed E-state index contributed by atoms with van der Waals surface area (Å²) in [7, 11) is 0. The van der Waals surface area contributed by atoms with Gasteiger partial charge in [-0.3, -0.25) is 5.32 Å². The van der Waals surface area contributed by atoms with Gasteiger partial charge in [0.05, 0.1) is 5.54 Å². The molecule has 0 spiro atoms. The minimum Gasteiger partial charge on any atom is -0.299 e. The zero-order chi connectivity index (χ0) is 9.78. The third kappa shape index (κ3) is 3.78. The first-order valence-corrected chi connectivity index (χ1v) is 4.68. The first-order chi connectivity index (χ1) is 5.43. The van der Waals surface area contributed by atoms with Crippen LogP contribution < -0.4 is 5.32 Å². The lowest BCUT2D eigenvalue weighted by atomic mass is 9.97. The molecule has 0 aliphatic carbocycles. The van der Waals surface area contributed by atoms with Crippen molar-refractivity contribution in [2.75, 3.05) is 0 Å². The summed E-state index contributed by atoms with van der Waals surface area (Å²) >= 11 is 0. The fourth-order valence-corrected chi connectivity index (χ4v) is 1.25. The second-order valence-electron chi connectivity index (χ2n) is 4.17. The first-order valence-electron chi connectivity index (χ1n) is 4.68. The molecular weight excluding hydrogens is 146 g/mol. The molecule has 0 aromatic heterocycles. The maximum Gasteiger partial charge on any atom is 0.0743 e. The highest BCUT2D eigenvalue weighted by atomic mass is 15.0. The van der Waals surface area contributed by atoms with Crippen molar-refractivity contribution in [3.05, 3.63) is 0 Å². The normalized spacial score (nSPS) is 14.4. The van der Waals surface area contributed by atoms with Gasteiger partial charge in [0.2, 0.25) is 0 Å². The van der Waals surface area contributed by atoms with Crippen LogP contribution >= 0.6 is 0 Å². The molecule has 0 saturated heterocycles. The lowest BCUT2D eigenvalue weighted by molar-refractivity contribution is 0.326. The number of terminal acetylenes is 1. The predicted molar refractivity (Wildman–Crippen MR) is 55.0 cm³/mol. The Bertz CT molecular complexity index is 162. The van der Waals surface area contributed by atoms with E-state index in [4.69, 9.17) is 6.42 Å². The van der Waals surface area contributed by atoms with E-state index in [0.717, 1.165) is 6.42 Å². The molecule has 0 aliphatic rings. The Morgan fingerprint density at radius 3 is 2.17 bits per heavy atom. The molecule has 0 fully saturated rings. The monoisotopic (exact) mass is 167 g/mol. The second kappa shape index (κ2) is 4.52. The van der Waals surface area contributed by atoms with E-state index in [1.165, 1.54) is 0 Å². The average Bonchev–Trinajstić information content (AvgIpc) is 2.00. The first kappa shape index (κ1) is 11.5. The van der Waals surface area contributed by atoms with E-state index >= 15 is 0 Å². The van der Waals surface area contributed by atoms with Gasteiger partial charge in [-0.25, -0.2) is 0 Å². The van der Waals surface area contributed by atoms with Gasteiger partial charge in [0.1, 0.15) is 0 Å². The number of hydrogen-bond acceptors (Lipinski definition) is 1. The van der Waals surface area contributed by atoms with Gasteiger partial charge in [-0.05, 0) is 26.2 Å². The Balaban J connectivity index is 4.13. The van der Waals surface area contributed by atoms with Crippen molar-refractivity contribution < 1.29 is 0 Å². The Hall–Kier alpha value is -0.480. The quantitative estimate of drug-likeness (QED) is 0.634. The van der Waals surface area contributed by atoms with Crippen LogP contribution in [0.1, 0.15) is 41.0 Å². The van der Waals surface area contributed by atoms with Gasteiger partial charge in [0, 0.05) is 6.04 Å². The molecule has 0 bridgehead atoms. The van der Waals surface area contributed by atoms with Crippen LogP contribution in [0.2, 0.25) is 0 Å². The van der Waals surface area contributed by atoms with E-state index in [9.17, 15) is 0 Å². The zero-order valence-electron chi connectivity index (χ0n) is 8.94. The largest absolute Gasteiger partial charge is 0.299 e. The van der Waals surface area contributed by atoms with E-state index in [-0.39, 0.29) is 5.54 Å². The van der Waals surface area contributed by atoms with E-state index in [2.05, 4.69) is 32.0 Å². The zero-order valence-corrected chi connectivity index (χ0v) is 8.94. The number of hydrogen-bond donors (Lipinski definition) is 1. The molecule has 0 aliphatic heterocycles. The van der Waals surface area contributed by atoms with Crippen LogP contribution in [-0.4, -0.2) is 11.6 Å².